The van der Waals surface area contributed by atoms with E-state index in [0.717, 1.165) is 19.6 Å². The summed E-state index contributed by atoms with van der Waals surface area (Å²) in [5.41, 5.74) is 0. The van der Waals surface area contributed by atoms with E-state index in [1.807, 2.05) is 18.2 Å². The quantitative estimate of drug-likeness (QED) is 0.260. The Morgan fingerprint density at radius 2 is 1.26 bits per heavy atom. The molecule has 0 spiro atoms. The third kappa shape index (κ3) is 8.94. The molecule has 0 unspecified atom stereocenters. The van der Waals surface area contributed by atoms with Gasteiger partial charge in [-0.05, 0) is 6.04 Å². The zero-order valence-electron chi connectivity index (χ0n) is 12.5. The minimum Gasteiger partial charge on any atom is -0.310 e. The third-order valence-electron chi connectivity index (χ3n) is 3.05. The molecule has 3 N–H and O–H groups in total. The summed E-state index contributed by atoms with van der Waals surface area (Å²) in [6.07, 6.45) is 10.9. The Labute approximate surface area is 120 Å². The number of hydrogen-bond acceptors (Lipinski definition) is 3. The second-order valence-electron chi connectivity index (χ2n) is 4.72. The van der Waals surface area contributed by atoms with Crippen molar-refractivity contribution in [1.82, 2.24) is 14.9 Å². The van der Waals surface area contributed by atoms with Crippen LogP contribution in [0.1, 0.15) is 32.6 Å². The molecular weight excluding hydrogens is 250 g/mol. The molecule has 0 amide bonds. The molecule has 0 saturated heterocycles. The predicted octanol–water partition coefficient (Wildman–Crippen LogP) is 2.83. The molecule has 0 aromatic rings. The molecule has 0 aromatic heterocycles. The van der Waals surface area contributed by atoms with Crippen molar-refractivity contribution in [2.24, 2.45) is 0 Å². The fourth-order valence-corrected chi connectivity index (χ4v) is 5.17. The van der Waals surface area contributed by atoms with Gasteiger partial charge in [0.25, 0.3) is 8.56 Å². The summed E-state index contributed by atoms with van der Waals surface area (Å²) in [5.74, 6) is 0. The van der Waals surface area contributed by atoms with Crippen molar-refractivity contribution >= 4 is 8.56 Å². The van der Waals surface area contributed by atoms with E-state index in [0.29, 0.717) is 0 Å². The van der Waals surface area contributed by atoms with Gasteiger partial charge in [0, 0.05) is 19.6 Å². The number of hydrogen-bond donors (Lipinski definition) is 3. The highest BCUT2D eigenvalue weighted by molar-refractivity contribution is 6.72. The summed E-state index contributed by atoms with van der Waals surface area (Å²) in [7, 11) is -1.87. The summed E-state index contributed by atoms with van der Waals surface area (Å²) in [5, 5.41) is 0. The maximum atomic E-state index is 3.80. The molecule has 0 rings (SSSR count). The van der Waals surface area contributed by atoms with Gasteiger partial charge in [-0.2, -0.15) is 0 Å². The van der Waals surface area contributed by atoms with Crippen LogP contribution in [0.15, 0.2) is 38.0 Å². The summed E-state index contributed by atoms with van der Waals surface area (Å²) >= 11 is 0. The van der Waals surface area contributed by atoms with E-state index in [-0.39, 0.29) is 0 Å². The molecule has 4 heteroatoms. The van der Waals surface area contributed by atoms with Crippen molar-refractivity contribution in [3.8, 4) is 0 Å². The zero-order valence-corrected chi connectivity index (χ0v) is 13.5. The second-order valence-corrected chi connectivity index (χ2v) is 8.10. The molecule has 0 fully saturated rings. The lowest BCUT2D eigenvalue weighted by atomic mass is 10.2. The number of unbranched alkanes of at least 4 members (excludes halogenated alkanes) is 3. The summed E-state index contributed by atoms with van der Waals surface area (Å²) in [4.78, 5) is 10.9. The number of rotatable bonds is 14. The van der Waals surface area contributed by atoms with E-state index in [1.165, 1.54) is 31.7 Å². The van der Waals surface area contributed by atoms with Gasteiger partial charge in [0.1, 0.15) is 0 Å². The Kier molecular flexibility index (Phi) is 11.9. The van der Waals surface area contributed by atoms with Gasteiger partial charge in [-0.25, -0.2) is 0 Å². The molecular formula is C15H31N3Si. The van der Waals surface area contributed by atoms with Crippen molar-refractivity contribution in [3.05, 3.63) is 38.0 Å². The standard InChI is InChI=1S/C15H31N3Si/c1-5-9-10-11-15-19(16-12-6-2,17-13-7-3)18-14-8-4/h6-8,16-18H,2-5,9-15H2,1H3. The van der Waals surface area contributed by atoms with E-state index in [2.05, 4.69) is 41.6 Å². The molecule has 0 heterocycles. The lowest BCUT2D eigenvalue weighted by Crippen LogP contribution is -2.72. The van der Waals surface area contributed by atoms with Crippen molar-refractivity contribution < 1.29 is 0 Å². The van der Waals surface area contributed by atoms with Gasteiger partial charge in [0.15, 0.2) is 0 Å². The fraction of sp³-hybridized carbons (Fsp3) is 0.600. The summed E-state index contributed by atoms with van der Waals surface area (Å²) < 4.78 is 0. The highest BCUT2D eigenvalue weighted by Gasteiger charge is 2.31. The van der Waals surface area contributed by atoms with Gasteiger partial charge in [-0.3, -0.25) is 0 Å². The number of nitrogens with one attached hydrogen (secondary N) is 3. The van der Waals surface area contributed by atoms with Crippen LogP contribution in [0, 0.1) is 0 Å². The van der Waals surface area contributed by atoms with Crippen LogP contribution in [-0.2, 0) is 0 Å². The van der Waals surface area contributed by atoms with Gasteiger partial charge < -0.3 is 14.9 Å². The monoisotopic (exact) mass is 281 g/mol. The molecule has 110 valence electrons. The van der Waals surface area contributed by atoms with Gasteiger partial charge in [-0.1, -0.05) is 50.8 Å². The van der Waals surface area contributed by atoms with Gasteiger partial charge in [-0.15, -0.1) is 19.7 Å². The second kappa shape index (κ2) is 12.4. The highest BCUT2D eigenvalue weighted by atomic mass is 28.4. The SMILES string of the molecule is C=CCN[Si](CCCCCC)(NCC=C)NCC=C. The zero-order chi connectivity index (χ0) is 14.4. The first-order chi connectivity index (χ1) is 9.24. The lowest BCUT2D eigenvalue weighted by Gasteiger charge is -2.33. The van der Waals surface area contributed by atoms with E-state index < -0.39 is 8.56 Å². The Morgan fingerprint density at radius 1 is 0.789 bits per heavy atom. The minimum atomic E-state index is -1.87. The van der Waals surface area contributed by atoms with Crippen LogP contribution in [-0.4, -0.2) is 28.2 Å². The predicted molar refractivity (Wildman–Crippen MR) is 89.3 cm³/mol. The lowest BCUT2D eigenvalue weighted by molar-refractivity contribution is 0.675. The summed E-state index contributed by atoms with van der Waals surface area (Å²) in [6, 6.07) is 1.17. The first kappa shape index (κ1) is 18.3. The average Bonchev–Trinajstić information content (AvgIpc) is 2.44. The maximum absolute atomic E-state index is 3.80. The molecule has 0 atom stereocenters. The normalized spacial score (nSPS) is 11.2. The van der Waals surface area contributed by atoms with Crippen molar-refractivity contribution in [1.29, 1.82) is 0 Å². The molecule has 0 radical (unpaired) electrons. The van der Waals surface area contributed by atoms with Gasteiger partial charge in [0.2, 0.25) is 0 Å². The van der Waals surface area contributed by atoms with E-state index >= 15 is 0 Å². The molecule has 0 saturated carbocycles. The Morgan fingerprint density at radius 3 is 1.63 bits per heavy atom. The molecule has 0 aliphatic rings. The van der Waals surface area contributed by atoms with E-state index in [1.54, 1.807) is 0 Å². The molecule has 0 aliphatic heterocycles. The smallest absolute Gasteiger partial charge is 0.282 e. The first-order valence-corrected chi connectivity index (χ1v) is 9.53. The van der Waals surface area contributed by atoms with Crippen LogP contribution in [0.25, 0.3) is 0 Å². The molecule has 19 heavy (non-hydrogen) atoms. The minimum absolute atomic E-state index is 0.828. The van der Waals surface area contributed by atoms with Gasteiger partial charge in [0.05, 0.1) is 0 Å². The average molecular weight is 282 g/mol. The van der Waals surface area contributed by atoms with E-state index in [9.17, 15) is 0 Å². The van der Waals surface area contributed by atoms with Crippen LogP contribution in [0.4, 0.5) is 0 Å². The van der Waals surface area contributed by atoms with Crippen molar-refractivity contribution in [2.45, 2.75) is 38.7 Å². The van der Waals surface area contributed by atoms with Crippen LogP contribution < -0.4 is 14.9 Å². The Bertz CT molecular complexity index is 222. The first-order valence-electron chi connectivity index (χ1n) is 7.32. The Balaban J connectivity index is 4.50. The highest BCUT2D eigenvalue weighted by Crippen LogP contribution is 2.09. The molecule has 0 aliphatic carbocycles. The molecule has 3 nitrogen and oxygen atoms in total. The Hall–Kier alpha value is -0.683. The van der Waals surface area contributed by atoms with Gasteiger partial charge >= 0.3 is 0 Å². The van der Waals surface area contributed by atoms with E-state index in [4.69, 9.17) is 0 Å². The fourth-order valence-electron chi connectivity index (χ4n) is 2.01. The van der Waals surface area contributed by atoms with Crippen molar-refractivity contribution in [3.63, 3.8) is 0 Å². The van der Waals surface area contributed by atoms with Crippen LogP contribution >= 0.6 is 0 Å². The third-order valence-corrected chi connectivity index (χ3v) is 6.58. The van der Waals surface area contributed by atoms with Crippen LogP contribution in [0.5, 0.6) is 0 Å². The van der Waals surface area contributed by atoms with Crippen LogP contribution in [0.3, 0.4) is 0 Å². The van der Waals surface area contributed by atoms with Crippen LogP contribution in [0.2, 0.25) is 6.04 Å². The largest absolute Gasteiger partial charge is 0.310 e. The molecule has 0 aromatic carbocycles. The topological polar surface area (TPSA) is 36.1 Å². The summed E-state index contributed by atoms with van der Waals surface area (Å²) in [6.45, 7) is 16.1. The molecule has 0 bridgehead atoms. The van der Waals surface area contributed by atoms with Crippen molar-refractivity contribution in [2.75, 3.05) is 19.6 Å². The maximum Gasteiger partial charge on any atom is 0.282 e.